The summed E-state index contributed by atoms with van der Waals surface area (Å²) in [6.07, 6.45) is 4.39. The first-order chi connectivity index (χ1) is 25.8. The SMILES string of the molecule is F[B-](F)(F)F.F[B-](F)(F)F.O=[N+]([O-])c1ccc(-[n+]2ccc(-c3c(F)c(F)c(-c4cc[n+](-c5ccc([N+](=O)[O-])cc5[N+](=O)[O-])cc4)c(F)c3F)cc2)c([N+](=O)[O-])c1. The minimum absolute atomic E-state index is 0.142. The van der Waals surface area contributed by atoms with Gasteiger partial charge in [-0.05, 0) is 11.1 Å². The fourth-order valence-corrected chi connectivity index (χ4v) is 4.63. The Labute approximate surface area is 301 Å². The molecule has 14 nitrogen and oxygen atoms in total. The summed E-state index contributed by atoms with van der Waals surface area (Å²) < 4.78 is 141. The zero-order valence-corrected chi connectivity index (χ0v) is 26.7. The highest BCUT2D eigenvalue weighted by Crippen LogP contribution is 2.37. The van der Waals surface area contributed by atoms with Crippen molar-refractivity contribution in [2.24, 2.45) is 0 Å². The van der Waals surface area contributed by atoms with E-state index in [0.29, 0.717) is 0 Å². The van der Waals surface area contributed by atoms with Gasteiger partial charge in [0.05, 0.1) is 30.8 Å². The Morgan fingerprint density at radius 3 is 0.893 bits per heavy atom. The van der Waals surface area contributed by atoms with Crippen LogP contribution in [0.25, 0.3) is 33.6 Å². The van der Waals surface area contributed by atoms with E-state index in [2.05, 4.69) is 0 Å². The molecule has 5 aromatic rings. The number of aromatic nitrogens is 2. The lowest BCUT2D eigenvalue weighted by atomic mass is 9.98. The Hall–Kier alpha value is -7.15. The molecule has 0 aliphatic heterocycles. The lowest BCUT2D eigenvalue weighted by Gasteiger charge is -2.12. The number of pyridine rings is 2. The summed E-state index contributed by atoms with van der Waals surface area (Å²) in [5.74, 6) is -7.07. The molecule has 0 aliphatic carbocycles. The van der Waals surface area contributed by atoms with Crippen LogP contribution in [-0.4, -0.2) is 34.2 Å². The Morgan fingerprint density at radius 2 is 0.679 bits per heavy atom. The molecule has 0 aliphatic rings. The molecule has 0 bridgehead atoms. The highest BCUT2D eigenvalue weighted by Gasteiger charge is 2.31. The van der Waals surface area contributed by atoms with Gasteiger partial charge in [0.25, 0.3) is 22.7 Å². The molecule has 0 saturated carbocycles. The Kier molecular flexibility index (Phi) is 13.0. The molecular weight excluding hydrogens is 798 g/mol. The summed E-state index contributed by atoms with van der Waals surface area (Å²) in [4.78, 5) is 41.5. The van der Waals surface area contributed by atoms with E-state index in [1.54, 1.807) is 0 Å². The average Bonchev–Trinajstić information content (AvgIpc) is 3.09. The van der Waals surface area contributed by atoms with E-state index < -0.39 is 91.3 Å². The zero-order chi connectivity index (χ0) is 42.4. The number of benzene rings is 3. The standard InChI is InChI=1S/C28H14F4N6O8.2BF4/c29-25-23(15-5-9-33(10-6-15)19-3-1-17(35(39)40)13-21(19)37(43)44)26(30)28(32)24(27(25)31)16-7-11-34(12-8-16)20-4-2-18(36(41)42)14-22(20)38(45)46;2*2-1(3,4)5/h1-14H;;/q+2;2*-1. The van der Waals surface area contributed by atoms with Crippen LogP contribution in [0.3, 0.4) is 0 Å². The van der Waals surface area contributed by atoms with Gasteiger partial charge in [-0.25, -0.2) is 17.6 Å². The summed E-state index contributed by atoms with van der Waals surface area (Å²) in [5.41, 5.74) is -5.57. The fourth-order valence-electron chi connectivity index (χ4n) is 4.63. The molecule has 0 N–H and O–H groups in total. The number of halogens is 12. The third-order valence-corrected chi connectivity index (χ3v) is 6.79. The van der Waals surface area contributed by atoms with Crippen LogP contribution < -0.4 is 9.13 Å². The number of nitro benzene ring substituents is 4. The first kappa shape index (κ1) is 43.3. The van der Waals surface area contributed by atoms with Crippen LogP contribution in [0, 0.1) is 63.7 Å². The molecule has 0 atom stereocenters. The summed E-state index contributed by atoms with van der Waals surface area (Å²) in [6, 6.07) is 9.69. The van der Waals surface area contributed by atoms with Crippen molar-refractivity contribution in [2.45, 2.75) is 0 Å². The fraction of sp³-hybridized carbons (Fsp3) is 0. The first-order valence-electron chi connectivity index (χ1n) is 14.3. The lowest BCUT2D eigenvalue weighted by molar-refractivity contribution is -0.601. The molecule has 0 amide bonds. The Morgan fingerprint density at radius 1 is 0.429 bits per heavy atom. The molecule has 2 aromatic heterocycles. The monoisotopic (exact) mass is 812 g/mol. The molecule has 5 rings (SSSR count). The van der Waals surface area contributed by atoms with E-state index in [4.69, 9.17) is 0 Å². The van der Waals surface area contributed by atoms with Crippen LogP contribution in [0.1, 0.15) is 0 Å². The van der Waals surface area contributed by atoms with E-state index in [0.717, 1.165) is 94.6 Å². The molecule has 294 valence electrons. The molecule has 2 heterocycles. The van der Waals surface area contributed by atoms with Gasteiger partial charge in [-0.3, -0.25) is 40.5 Å². The maximum absolute atomic E-state index is 15.3. The van der Waals surface area contributed by atoms with Crippen molar-refractivity contribution in [1.29, 1.82) is 0 Å². The van der Waals surface area contributed by atoms with Crippen molar-refractivity contribution in [3.05, 3.63) is 149 Å². The van der Waals surface area contributed by atoms with Crippen LogP contribution in [0.4, 0.5) is 74.8 Å². The van der Waals surface area contributed by atoms with Crippen LogP contribution >= 0.6 is 0 Å². The van der Waals surface area contributed by atoms with Gasteiger partial charge >= 0.3 is 25.9 Å². The van der Waals surface area contributed by atoms with Gasteiger partial charge in [0.2, 0.25) is 0 Å². The second kappa shape index (κ2) is 16.9. The third-order valence-electron chi connectivity index (χ3n) is 6.79. The quantitative estimate of drug-likeness (QED) is 0.0374. The number of hydrogen-bond donors (Lipinski definition) is 0. The lowest BCUT2D eigenvalue weighted by Crippen LogP contribution is -2.30. The summed E-state index contributed by atoms with van der Waals surface area (Å²) >= 11 is 0. The summed E-state index contributed by atoms with van der Waals surface area (Å²) in [5, 5.41) is 44.9. The maximum atomic E-state index is 15.3. The molecule has 3 aromatic carbocycles. The van der Waals surface area contributed by atoms with Crippen molar-refractivity contribution < 1.29 is 80.9 Å². The van der Waals surface area contributed by atoms with Crippen LogP contribution in [0.2, 0.25) is 0 Å². The first-order valence-corrected chi connectivity index (χ1v) is 14.3. The largest absolute Gasteiger partial charge is 0.673 e. The predicted octanol–water partition coefficient (Wildman–Crippen LogP) is 8.36. The minimum atomic E-state index is -6.00. The van der Waals surface area contributed by atoms with Gasteiger partial charge in [0.15, 0.2) is 48.1 Å². The second-order valence-corrected chi connectivity index (χ2v) is 10.4. The van der Waals surface area contributed by atoms with Gasteiger partial charge in [-0.15, -0.1) is 0 Å². The third kappa shape index (κ3) is 10.9. The Balaban J connectivity index is 0.000000748. The van der Waals surface area contributed by atoms with Gasteiger partial charge in [0.1, 0.15) is 12.1 Å². The van der Waals surface area contributed by atoms with E-state index in [1.807, 2.05) is 0 Å². The molecule has 28 heteroatoms. The number of hydrogen-bond acceptors (Lipinski definition) is 8. The van der Waals surface area contributed by atoms with Gasteiger partial charge in [0, 0.05) is 48.5 Å². The van der Waals surface area contributed by atoms with Crippen molar-refractivity contribution >= 4 is 37.3 Å². The minimum Gasteiger partial charge on any atom is -0.418 e. The van der Waals surface area contributed by atoms with Crippen molar-refractivity contribution in [3.63, 3.8) is 0 Å². The summed E-state index contributed by atoms with van der Waals surface area (Å²) in [6.45, 7) is 0. The maximum Gasteiger partial charge on any atom is 0.673 e. The Bertz CT molecular complexity index is 2130. The smallest absolute Gasteiger partial charge is 0.418 e. The highest BCUT2D eigenvalue weighted by molar-refractivity contribution is 6.50. The van der Waals surface area contributed by atoms with Crippen molar-refractivity contribution in [2.75, 3.05) is 0 Å². The number of nitro groups is 4. The predicted molar refractivity (Wildman–Crippen MR) is 167 cm³/mol. The van der Waals surface area contributed by atoms with E-state index >= 15 is 17.6 Å². The van der Waals surface area contributed by atoms with Crippen molar-refractivity contribution in [3.8, 4) is 33.6 Å². The van der Waals surface area contributed by atoms with Crippen LogP contribution in [-0.2, 0) is 0 Å². The average molecular weight is 812 g/mol. The second-order valence-electron chi connectivity index (χ2n) is 10.4. The van der Waals surface area contributed by atoms with E-state index in [9.17, 15) is 75.0 Å². The normalized spacial score (nSPS) is 11.1. The molecule has 0 spiro atoms. The van der Waals surface area contributed by atoms with E-state index in [-0.39, 0.29) is 22.5 Å². The van der Waals surface area contributed by atoms with Gasteiger partial charge < -0.3 is 34.5 Å². The molecular formula is C28H14B2F12N6O8. The molecule has 0 unspecified atom stereocenters. The molecule has 0 fully saturated rings. The van der Waals surface area contributed by atoms with Gasteiger partial charge in [-0.2, -0.15) is 9.13 Å². The number of nitrogens with zero attached hydrogens (tertiary/aromatic N) is 6. The topological polar surface area (TPSA) is 180 Å². The van der Waals surface area contributed by atoms with Crippen LogP contribution in [0.5, 0.6) is 0 Å². The van der Waals surface area contributed by atoms with Crippen molar-refractivity contribution in [1.82, 2.24) is 0 Å². The highest BCUT2D eigenvalue weighted by atomic mass is 19.5. The summed E-state index contributed by atoms with van der Waals surface area (Å²) in [7, 11) is -12.0. The molecule has 0 saturated heterocycles. The molecule has 0 radical (unpaired) electrons. The molecule has 56 heavy (non-hydrogen) atoms. The van der Waals surface area contributed by atoms with E-state index in [1.165, 1.54) is 0 Å². The van der Waals surface area contributed by atoms with Gasteiger partial charge in [-0.1, -0.05) is 0 Å². The zero-order valence-electron chi connectivity index (χ0n) is 26.7. The number of rotatable bonds is 8. The van der Waals surface area contributed by atoms with Crippen LogP contribution in [0.15, 0.2) is 85.5 Å². The number of non-ortho nitro benzene ring substituents is 2.